The molecule has 0 aliphatic carbocycles. The zero-order chi connectivity index (χ0) is 16.2. The van der Waals surface area contributed by atoms with E-state index in [1.165, 1.54) is 16.2 Å². The van der Waals surface area contributed by atoms with Gasteiger partial charge >= 0.3 is 5.97 Å². The maximum Gasteiger partial charge on any atom is 0.307 e. The van der Waals surface area contributed by atoms with E-state index in [1.54, 1.807) is 11.8 Å². The topological polar surface area (TPSA) is 50.2 Å². The number of rotatable bonds is 5. The summed E-state index contributed by atoms with van der Waals surface area (Å²) in [6.07, 6.45) is 3.90. The number of para-hydroxylation sites is 1. The van der Waals surface area contributed by atoms with Gasteiger partial charge in [0, 0.05) is 4.90 Å². The summed E-state index contributed by atoms with van der Waals surface area (Å²) in [6.45, 7) is 0. The summed E-state index contributed by atoms with van der Waals surface area (Å²) in [6, 6.07) is 15.9. The lowest BCUT2D eigenvalue weighted by molar-refractivity contribution is -0.135. The van der Waals surface area contributed by atoms with Crippen molar-refractivity contribution in [2.45, 2.75) is 11.3 Å². The monoisotopic (exact) mass is 341 g/mol. The van der Waals surface area contributed by atoms with Gasteiger partial charge in [-0.25, -0.2) is 4.98 Å². The fourth-order valence-electron chi connectivity index (χ4n) is 2.26. The van der Waals surface area contributed by atoms with Crippen LogP contribution in [0, 0.1) is 0 Å². The van der Waals surface area contributed by atoms with E-state index in [2.05, 4.69) is 4.98 Å². The number of aromatic nitrogens is 1. The van der Waals surface area contributed by atoms with Crippen LogP contribution in [0.25, 0.3) is 21.9 Å². The summed E-state index contributed by atoms with van der Waals surface area (Å²) < 4.78 is 1.07. The van der Waals surface area contributed by atoms with Crippen molar-refractivity contribution in [1.82, 2.24) is 4.98 Å². The van der Waals surface area contributed by atoms with Crippen molar-refractivity contribution >= 4 is 50.9 Å². The van der Waals surface area contributed by atoms with Gasteiger partial charge in [0.2, 0.25) is 0 Å². The first-order valence-corrected chi connectivity index (χ1v) is 9.12. The largest absolute Gasteiger partial charge is 0.481 e. The molecule has 0 saturated heterocycles. The zero-order valence-electron chi connectivity index (χ0n) is 12.5. The molecule has 0 fully saturated rings. The van der Waals surface area contributed by atoms with Crippen LogP contribution >= 0.6 is 23.1 Å². The molecule has 0 atom stereocenters. The van der Waals surface area contributed by atoms with Crippen molar-refractivity contribution in [2.75, 3.05) is 6.26 Å². The molecule has 0 amide bonds. The second-order valence-electron chi connectivity index (χ2n) is 5.00. The van der Waals surface area contributed by atoms with Crippen LogP contribution in [0.1, 0.15) is 17.0 Å². The molecule has 0 radical (unpaired) electrons. The van der Waals surface area contributed by atoms with Gasteiger partial charge in [0.25, 0.3) is 0 Å². The van der Waals surface area contributed by atoms with E-state index in [1.807, 2.05) is 60.9 Å². The minimum Gasteiger partial charge on any atom is -0.481 e. The number of benzene rings is 2. The lowest BCUT2D eigenvalue weighted by Crippen LogP contribution is -1.96. The summed E-state index contributed by atoms with van der Waals surface area (Å²) >= 11 is 3.21. The maximum atomic E-state index is 11.2. The van der Waals surface area contributed by atoms with E-state index in [9.17, 15) is 9.90 Å². The Kier molecular flexibility index (Phi) is 4.79. The third kappa shape index (κ3) is 3.81. The summed E-state index contributed by atoms with van der Waals surface area (Å²) in [5.74, 6) is -0.851. The van der Waals surface area contributed by atoms with E-state index >= 15 is 0 Å². The number of carbonyl (C=O) groups is 1. The third-order valence-electron chi connectivity index (χ3n) is 3.37. The lowest BCUT2D eigenvalue weighted by atomic mass is 10.1. The molecule has 116 valence electrons. The van der Waals surface area contributed by atoms with Crippen LogP contribution in [0.5, 0.6) is 0 Å². The molecule has 0 saturated carbocycles. The second kappa shape index (κ2) is 6.98. The molecule has 0 spiro atoms. The number of carboxylic acid groups (broad SMARTS) is 1. The zero-order valence-corrected chi connectivity index (χ0v) is 14.2. The molecule has 0 aliphatic rings. The Balaban J connectivity index is 2.01. The van der Waals surface area contributed by atoms with Crippen molar-refractivity contribution in [2.24, 2.45) is 0 Å². The molecular formula is C18H15NO2S2. The van der Waals surface area contributed by atoms with E-state index in [-0.39, 0.29) is 6.42 Å². The summed E-state index contributed by atoms with van der Waals surface area (Å²) in [7, 11) is 0. The fourth-order valence-corrected chi connectivity index (χ4v) is 3.65. The number of hydrogen-bond acceptors (Lipinski definition) is 4. The van der Waals surface area contributed by atoms with E-state index in [0.29, 0.717) is 0 Å². The van der Waals surface area contributed by atoms with Gasteiger partial charge in [0.1, 0.15) is 5.01 Å². The number of hydrogen-bond donors (Lipinski definition) is 1. The Morgan fingerprint density at radius 3 is 2.61 bits per heavy atom. The standard InChI is InChI=1S/C18H15NO2S2/c1-22-14-8-6-12(7-9-14)10-13(11-17(20)21)18-19-15-4-2-3-5-16(15)23-18/h2-10H,11H2,1H3,(H,20,21)/b13-10+. The minimum atomic E-state index is -0.851. The van der Waals surface area contributed by atoms with Crippen LogP contribution in [0.15, 0.2) is 53.4 Å². The molecule has 1 aromatic heterocycles. The highest BCUT2D eigenvalue weighted by molar-refractivity contribution is 7.98. The number of aliphatic carboxylic acids is 1. The second-order valence-corrected chi connectivity index (χ2v) is 6.91. The van der Waals surface area contributed by atoms with Crippen molar-refractivity contribution in [3.05, 3.63) is 59.1 Å². The van der Waals surface area contributed by atoms with Crippen LogP contribution in [0.4, 0.5) is 0 Å². The quantitative estimate of drug-likeness (QED) is 0.661. The first-order valence-electron chi connectivity index (χ1n) is 7.08. The Hall–Kier alpha value is -2.11. The molecule has 5 heteroatoms. The smallest absolute Gasteiger partial charge is 0.307 e. The molecule has 1 heterocycles. The van der Waals surface area contributed by atoms with E-state index < -0.39 is 5.97 Å². The average molecular weight is 341 g/mol. The maximum absolute atomic E-state index is 11.2. The molecule has 0 bridgehead atoms. The first-order chi connectivity index (χ1) is 11.2. The number of fused-ring (bicyclic) bond motifs is 1. The average Bonchev–Trinajstić information content (AvgIpc) is 2.98. The van der Waals surface area contributed by atoms with Gasteiger partial charge in [-0.3, -0.25) is 4.79 Å². The summed E-state index contributed by atoms with van der Waals surface area (Å²) in [5.41, 5.74) is 2.62. The SMILES string of the molecule is CSc1ccc(/C=C(\CC(=O)O)c2nc3ccccc3s2)cc1. The van der Waals surface area contributed by atoms with Gasteiger partial charge in [-0.15, -0.1) is 23.1 Å². The molecule has 1 N–H and O–H groups in total. The minimum absolute atomic E-state index is 0.0376. The number of thiazole rings is 1. The Bertz CT molecular complexity index is 833. The molecule has 0 unspecified atom stereocenters. The molecule has 3 nitrogen and oxygen atoms in total. The summed E-state index contributed by atoms with van der Waals surface area (Å²) in [4.78, 5) is 17.0. The predicted molar refractivity (Wildman–Crippen MR) is 98.0 cm³/mol. The Morgan fingerprint density at radius 1 is 1.22 bits per heavy atom. The van der Waals surface area contributed by atoms with Gasteiger partial charge < -0.3 is 5.11 Å². The Labute approximate surface area is 142 Å². The van der Waals surface area contributed by atoms with E-state index in [4.69, 9.17) is 0 Å². The molecular weight excluding hydrogens is 326 g/mol. The van der Waals surface area contributed by atoms with Crippen LogP contribution in [0.3, 0.4) is 0 Å². The van der Waals surface area contributed by atoms with Crippen LogP contribution in [-0.2, 0) is 4.79 Å². The highest BCUT2D eigenvalue weighted by atomic mass is 32.2. The normalized spacial score (nSPS) is 11.8. The highest BCUT2D eigenvalue weighted by Gasteiger charge is 2.12. The van der Waals surface area contributed by atoms with Gasteiger partial charge in [-0.2, -0.15) is 0 Å². The molecule has 3 rings (SSSR count). The molecule has 0 aliphatic heterocycles. The van der Waals surface area contributed by atoms with Crippen molar-refractivity contribution in [1.29, 1.82) is 0 Å². The van der Waals surface area contributed by atoms with Gasteiger partial charge in [-0.1, -0.05) is 24.3 Å². The van der Waals surface area contributed by atoms with Crippen LogP contribution in [0.2, 0.25) is 0 Å². The van der Waals surface area contributed by atoms with Crippen LogP contribution in [-0.4, -0.2) is 22.3 Å². The van der Waals surface area contributed by atoms with E-state index in [0.717, 1.165) is 26.4 Å². The van der Waals surface area contributed by atoms with Gasteiger partial charge in [0.15, 0.2) is 0 Å². The van der Waals surface area contributed by atoms with Crippen molar-refractivity contribution in [3.8, 4) is 0 Å². The molecule has 2 aromatic carbocycles. The third-order valence-corrected chi connectivity index (χ3v) is 5.22. The van der Waals surface area contributed by atoms with Crippen molar-refractivity contribution < 1.29 is 9.90 Å². The van der Waals surface area contributed by atoms with Gasteiger partial charge in [0.05, 0.1) is 16.6 Å². The lowest BCUT2D eigenvalue weighted by Gasteiger charge is -2.02. The number of carboxylic acids is 1. The predicted octanol–water partition coefficient (Wildman–Crippen LogP) is 5.03. The fraction of sp³-hybridized carbons (Fsp3) is 0.111. The van der Waals surface area contributed by atoms with Crippen molar-refractivity contribution in [3.63, 3.8) is 0 Å². The first kappa shape index (κ1) is 15.8. The Morgan fingerprint density at radius 2 is 1.96 bits per heavy atom. The highest BCUT2D eigenvalue weighted by Crippen LogP contribution is 2.30. The van der Waals surface area contributed by atoms with Gasteiger partial charge in [-0.05, 0) is 47.7 Å². The molecule has 23 heavy (non-hydrogen) atoms. The van der Waals surface area contributed by atoms with Crippen LogP contribution < -0.4 is 0 Å². The molecule has 3 aromatic rings. The number of thioether (sulfide) groups is 1. The summed E-state index contributed by atoms with van der Waals surface area (Å²) in [5, 5.41) is 9.98. The number of nitrogens with zero attached hydrogens (tertiary/aromatic N) is 1.